The van der Waals surface area contributed by atoms with Crippen molar-refractivity contribution in [2.24, 2.45) is 0 Å². The van der Waals surface area contributed by atoms with Gasteiger partial charge in [0.15, 0.2) is 0 Å². The molecule has 0 spiro atoms. The molecule has 0 saturated carbocycles. The minimum atomic E-state index is -4.17. The molecule has 3 aromatic rings. The second-order valence-corrected chi connectivity index (χ2v) is 10.6. The van der Waals surface area contributed by atoms with Gasteiger partial charge in [0.05, 0.1) is 25.0 Å². The summed E-state index contributed by atoms with van der Waals surface area (Å²) < 4.78 is 39.3. The fourth-order valence-electron chi connectivity index (χ4n) is 3.73. The molecule has 1 amide bonds. The number of hydrogen-bond acceptors (Lipinski definition) is 6. The summed E-state index contributed by atoms with van der Waals surface area (Å²) in [5.41, 5.74) is 2.92. The Morgan fingerprint density at radius 3 is 2.24 bits per heavy atom. The number of rotatable bonds is 12. The van der Waals surface area contributed by atoms with E-state index in [1.807, 2.05) is 26.0 Å². The van der Waals surface area contributed by atoms with Crippen LogP contribution in [0.2, 0.25) is 0 Å². The molecule has 1 N–H and O–H groups in total. The molecular weight excluding hydrogens is 504 g/mol. The fraction of sp³-hybridized carbons (Fsp3) is 0.310. The van der Waals surface area contributed by atoms with E-state index in [1.54, 1.807) is 55.5 Å². The van der Waals surface area contributed by atoms with Gasteiger partial charge in [0.2, 0.25) is 5.91 Å². The Morgan fingerprint density at radius 1 is 0.947 bits per heavy atom. The van der Waals surface area contributed by atoms with Gasteiger partial charge in [-0.05, 0) is 79.4 Å². The van der Waals surface area contributed by atoms with Crippen LogP contribution in [-0.4, -0.2) is 40.6 Å². The predicted molar refractivity (Wildman–Crippen MR) is 148 cm³/mol. The topological polar surface area (TPSA) is 102 Å². The Balaban J connectivity index is 1.86. The molecule has 0 aromatic heterocycles. The van der Waals surface area contributed by atoms with Crippen LogP contribution in [0.3, 0.4) is 0 Å². The zero-order chi connectivity index (χ0) is 27.7. The highest BCUT2D eigenvalue weighted by atomic mass is 32.2. The molecule has 0 saturated heterocycles. The first-order chi connectivity index (χ1) is 18.2. The lowest BCUT2D eigenvalue weighted by Crippen LogP contribution is -2.38. The third kappa shape index (κ3) is 7.13. The number of aryl methyl sites for hydroxylation is 2. The van der Waals surface area contributed by atoms with E-state index in [9.17, 15) is 18.0 Å². The second kappa shape index (κ2) is 13.1. The van der Waals surface area contributed by atoms with Crippen molar-refractivity contribution in [3.63, 3.8) is 0 Å². The van der Waals surface area contributed by atoms with Gasteiger partial charge in [-0.1, -0.05) is 38.5 Å². The zero-order valence-electron chi connectivity index (χ0n) is 22.2. The van der Waals surface area contributed by atoms with Crippen molar-refractivity contribution in [2.75, 3.05) is 29.9 Å². The first-order valence-electron chi connectivity index (χ1n) is 12.5. The van der Waals surface area contributed by atoms with Crippen LogP contribution in [0.1, 0.15) is 48.2 Å². The molecule has 8 nitrogen and oxygen atoms in total. The second-order valence-electron chi connectivity index (χ2n) is 8.80. The molecule has 0 fully saturated rings. The molecule has 0 atom stereocenters. The van der Waals surface area contributed by atoms with Crippen LogP contribution in [0.5, 0.6) is 5.75 Å². The van der Waals surface area contributed by atoms with Crippen molar-refractivity contribution in [1.82, 2.24) is 0 Å². The fourth-order valence-corrected chi connectivity index (χ4v) is 5.39. The Morgan fingerprint density at radius 2 is 1.63 bits per heavy atom. The van der Waals surface area contributed by atoms with Gasteiger partial charge in [-0.15, -0.1) is 0 Å². The number of unbranched alkanes of at least 4 members (excludes halogenated alkanes) is 1. The van der Waals surface area contributed by atoms with Crippen LogP contribution in [0.4, 0.5) is 11.4 Å². The number of hydrogen-bond donors (Lipinski definition) is 1. The standard InChI is InChI=1S/C29H34N2O6S/c1-5-7-18-37-29(33)23-11-13-24(14-12-23)30-28(32)20-31(25-15-9-22(6-2)10-16-25)38(34,35)27-19-21(3)8-17-26(27)36-4/h8-17,19H,5-7,18,20H2,1-4H3,(H,30,32). The van der Waals surface area contributed by atoms with Gasteiger partial charge in [0, 0.05) is 5.69 Å². The summed E-state index contributed by atoms with van der Waals surface area (Å²) >= 11 is 0. The Bertz CT molecular complexity index is 1350. The van der Waals surface area contributed by atoms with E-state index in [4.69, 9.17) is 9.47 Å². The van der Waals surface area contributed by atoms with Crippen molar-refractivity contribution < 1.29 is 27.5 Å². The maximum absolute atomic E-state index is 13.8. The average molecular weight is 539 g/mol. The first kappa shape index (κ1) is 28.7. The molecule has 38 heavy (non-hydrogen) atoms. The number of benzene rings is 3. The van der Waals surface area contributed by atoms with E-state index in [0.29, 0.717) is 23.5 Å². The van der Waals surface area contributed by atoms with E-state index in [2.05, 4.69) is 5.32 Å². The van der Waals surface area contributed by atoms with Gasteiger partial charge < -0.3 is 14.8 Å². The number of nitrogens with zero attached hydrogens (tertiary/aromatic N) is 1. The number of carbonyl (C=O) groups excluding carboxylic acids is 2. The third-order valence-corrected chi connectivity index (χ3v) is 7.74. The van der Waals surface area contributed by atoms with Crippen LogP contribution < -0.4 is 14.4 Å². The summed E-state index contributed by atoms with van der Waals surface area (Å²) in [6.45, 7) is 5.68. The number of nitrogens with one attached hydrogen (secondary N) is 1. The zero-order valence-corrected chi connectivity index (χ0v) is 23.0. The molecule has 0 unspecified atom stereocenters. The lowest BCUT2D eigenvalue weighted by molar-refractivity contribution is -0.114. The summed E-state index contributed by atoms with van der Waals surface area (Å²) in [5.74, 6) is -0.790. The quantitative estimate of drug-likeness (QED) is 0.246. The SMILES string of the molecule is CCCCOC(=O)c1ccc(NC(=O)CN(c2ccc(CC)cc2)S(=O)(=O)c2cc(C)ccc2OC)cc1. The molecule has 0 bridgehead atoms. The first-order valence-corrected chi connectivity index (χ1v) is 14.0. The van der Waals surface area contributed by atoms with Crippen LogP contribution in [0.15, 0.2) is 71.6 Å². The predicted octanol–water partition coefficient (Wildman–Crippen LogP) is 5.36. The van der Waals surface area contributed by atoms with Gasteiger partial charge in [0.1, 0.15) is 17.2 Å². The largest absolute Gasteiger partial charge is 0.495 e. The molecule has 3 aromatic carbocycles. The van der Waals surface area contributed by atoms with Crippen LogP contribution >= 0.6 is 0 Å². The molecule has 3 rings (SSSR count). The van der Waals surface area contributed by atoms with Gasteiger partial charge >= 0.3 is 5.97 Å². The van der Waals surface area contributed by atoms with Gasteiger partial charge in [-0.3, -0.25) is 9.10 Å². The highest BCUT2D eigenvalue weighted by Crippen LogP contribution is 2.31. The van der Waals surface area contributed by atoms with E-state index in [-0.39, 0.29) is 10.6 Å². The van der Waals surface area contributed by atoms with Gasteiger partial charge in [-0.2, -0.15) is 0 Å². The molecular formula is C29H34N2O6S. The van der Waals surface area contributed by atoms with Crippen molar-refractivity contribution in [2.45, 2.75) is 44.9 Å². The molecule has 0 heterocycles. The number of methoxy groups -OCH3 is 1. The minimum absolute atomic E-state index is 0.0293. The summed E-state index contributed by atoms with van der Waals surface area (Å²) in [4.78, 5) is 25.2. The smallest absolute Gasteiger partial charge is 0.338 e. The van der Waals surface area contributed by atoms with Crippen LogP contribution in [0, 0.1) is 6.92 Å². The molecule has 0 aliphatic heterocycles. The summed E-state index contributed by atoms with van der Waals surface area (Å²) in [7, 11) is -2.77. The monoisotopic (exact) mass is 538 g/mol. The summed E-state index contributed by atoms with van der Waals surface area (Å²) in [6.07, 6.45) is 2.50. The molecule has 0 radical (unpaired) electrons. The Hall–Kier alpha value is -3.85. The highest BCUT2D eigenvalue weighted by molar-refractivity contribution is 7.93. The van der Waals surface area contributed by atoms with E-state index in [1.165, 1.54) is 13.2 Å². The lowest BCUT2D eigenvalue weighted by atomic mass is 10.1. The van der Waals surface area contributed by atoms with E-state index in [0.717, 1.165) is 34.7 Å². The lowest BCUT2D eigenvalue weighted by Gasteiger charge is -2.25. The average Bonchev–Trinajstić information content (AvgIpc) is 2.92. The van der Waals surface area contributed by atoms with Crippen LogP contribution in [-0.2, 0) is 26.0 Å². The van der Waals surface area contributed by atoms with E-state index >= 15 is 0 Å². The normalized spacial score (nSPS) is 11.1. The van der Waals surface area contributed by atoms with E-state index < -0.39 is 28.4 Å². The summed E-state index contributed by atoms with van der Waals surface area (Å²) in [5, 5.41) is 2.72. The van der Waals surface area contributed by atoms with Gasteiger partial charge in [0.25, 0.3) is 10.0 Å². The molecule has 9 heteroatoms. The Labute approximate surface area is 224 Å². The minimum Gasteiger partial charge on any atom is -0.495 e. The third-order valence-electron chi connectivity index (χ3n) is 5.94. The van der Waals surface area contributed by atoms with Gasteiger partial charge in [-0.25, -0.2) is 13.2 Å². The number of carbonyl (C=O) groups is 2. The van der Waals surface area contributed by atoms with Crippen molar-refractivity contribution in [3.05, 3.63) is 83.4 Å². The number of amides is 1. The van der Waals surface area contributed by atoms with Crippen molar-refractivity contribution in [3.8, 4) is 5.75 Å². The highest BCUT2D eigenvalue weighted by Gasteiger charge is 2.30. The van der Waals surface area contributed by atoms with Crippen LogP contribution in [0.25, 0.3) is 0 Å². The number of ether oxygens (including phenoxy) is 2. The maximum Gasteiger partial charge on any atom is 0.338 e. The maximum atomic E-state index is 13.8. The van der Waals surface area contributed by atoms with Crippen molar-refractivity contribution in [1.29, 1.82) is 0 Å². The Kier molecular flexibility index (Phi) is 9.90. The molecule has 0 aliphatic rings. The molecule has 202 valence electrons. The molecule has 0 aliphatic carbocycles. The summed E-state index contributed by atoms with van der Waals surface area (Å²) in [6, 6.07) is 18.2. The van der Waals surface area contributed by atoms with Crippen molar-refractivity contribution >= 4 is 33.3 Å². The number of anilines is 2. The number of esters is 1. The number of sulfonamides is 1.